The van der Waals surface area contributed by atoms with Crippen molar-refractivity contribution in [3.63, 3.8) is 0 Å². The summed E-state index contributed by atoms with van der Waals surface area (Å²) in [6.07, 6.45) is 0. The molecule has 0 unspecified atom stereocenters. The molecule has 3 heteroatoms. The second-order valence-corrected chi connectivity index (χ2v) is 4.82. The van der Waals surface area contributed by atoms with Gasteiger partial charge in [-0.3, -0.25) is 0 Å². The fraction of sp³-hybridized carbons (Fsp3) is 0.500. The van der Waals surface area contributed by atoms with Gasteiger partial charge in [-0.2, -0.15) is 0 Å². The summed E-state index contributed by atoms with van der Waals surface area (Å²) in [4.78, 5) is 0.354. The zero-order chi connectivity index (χ0) is 11.7. The van der Waals surface area contributed by atoms with Gasteiger partial charge < -0.3 is 5.11 Å². The van der Waals surface area contributed by atoms with Gasteiger partial charge in [-0.05, 0) is 23.0 Å². The fourth-order valence-electron chi connectivity index (χ4n) is 1.54. The minimum absolute atomic E-state index is 0.0577. The summed E-state index contributed by atoms with van der Waals surface area (Å²) < 4.78 is 13.7. The summed E-state index contributed by atoms with van der Waals surface area (Å²) in [5, 5.41) is 9.61. The zero-order valence-corrected chi connectivity index (χ0v) is 10.4. The first-order valence-corrected chi connectivity index (χ1v) is 5.55. The van der Waals surface area contributed by atoms with Crippen molar-refractivity contribution in [1.29, 1.82) is 0 Å². The second kappa shape index (κ2) is 4.44. The molecule has 1 aromatic rings. The number of hydrogen-bond acceptors (Lipinski definition) is 2. The van der Waals surface area contributed by atoms with E-state index in [1.54, 1.807) is 6.07 Å². The largest absolute Gasteiger partial charge is 0.504 e. The van der Waals surface area contributed by atoms with Gasteiger partial charge in [-0.1, -0.05) is 33.8 Å². The van der Waals surface area contributed by atoms with Gasteiger partial charge in [0.1, 0.15) is 0 Å². The highest BCUT2D eigenvalue weighted by molar-refractivity contribution is 7.80. The van der Waals surface area contributed by atoms with Crippen molar-refractivity contribution < 1.29 is 9.50 Å². The van der Waals surface area contributed by atoms with Gasteiger partial charge in [0.05, 0.1) is 4.90 Å². The normalized spacial score (nSPS) is 11.5. The first kappa shape index (κ1) is 12.4. The predicted molar refractivity (Wildman–Crippen MR) is 63.5 cm³/mol. The van der Waals surface area contributed by atoms with Gasteiger partial charge in [-0.15, -0.1) is 12.6 Å². The number of phenolic OH excluding ortho intramolecular Hbond substituents is 1. The first-order valence-electron chi connectivity index (χ1n) is 5.10. The van der Waals surface area contributed by atoms with Crippen LogP contribution in [0.2, 0.25) is 0 Å². The maximum absolute atomic E-state index is 13.7. The van der Waals surface area contributed by atoms with Crippen molar-refractivity contribution in [1.82, 2.24) is 0 Å². The number of hydrogen-bond donors (Lipinski definition) is 2. The van der Waals surface area contributed by atoms with E-state index in [4.69, 9.17) is 0 Å². The molecule has 0 bridgehead atoms. The highest BCUT2D eigenvalue weighted by Crippen LogP contribution is 2.37. The molecule has 0 amide bonds. The molecule has 0 heterocycles. The van der Waals surface area contributed by atoms with Crippen molar-refractivity contribution in [3.05, 3.63) is 23.0 Å². The second-order valence-electron chi connectivity index (χ2n) is 4.38. The van der Waals surface area contributed by atoms with E-state index in [2.05, 4.69) is 12.6 Å². The number of thiol groups is 1. The Morgan fingerprint density at radius 1 is 1.13 bits per heavy atom. The summed E-state index contributed by atoms with van der Waals surface area (Å²) in [5.74, 6) is -0.587. The Kier molecular flexibility index (Phi) is 3.66. The first-order chi connectivity index (χ1) is 6.86. The van der Waals surface area contributed by atoms with E-state index in [1.165, 1.54) is 0 Å². The van der Waals surface area contributed by atoms with Gasteiger partial charge in [-0.25, -0.2) is 4.39 Å². The van der Waals surface area contributed by atoms with Crippen LogP contribution in [0.1, 0.15) is 50.7 Å². The van der Waals surface area contributed by atoms with E-state index in [0.717, 1.165) is 5.56 Å². The molecule has 0 fully saturated rings. The lowest BCUT2D eigenvalue weighted by atomic mass is 9.94. The Hall–Kier alpha value is -0.700. The molecule has 0 saturated carbocycles. The van der Waals surface area contributed by atoms with Gasteiger partial charge in [0.2, 0.25) is 0 Å². The highest BCUT2D eigenvalue weighted by atomic mass is 32.1. The molecular weight excluding hydrogens is 211 g/mol. The standard InChI is InChI=1S/C12H17FOS/c1-6(2)8-5-9(7(3)4)12(15)11(14)10(8)13/h5-7,14-15H,1-4H3. The molecule has 0 aliphatic rings. The Balaban J connectivity index is 3.45. The van der Waals surface area contributed by atoms with Crippen molar-refractivity contribution >= 4 is 12.6 Å². The zero-order valence-electron chi connectivity index (χ0n) is 9.50. The summed E-state index contributed by atoms with van der Waals surface area (Å²) in [7, 11) is 0. The Labute approximate surface area is 95.7 Å². The van der Waals surface area contributed by atoms with E-state index >= 15 is 0 Å². The molecule has 0 aromatic heterocycles. The third kappa shape index (κ3) is 2.28. The van der Waals surface area contributed by atoms with Crippen LogP contribution in [0.5, 0.6) is 5.75 Å². The predicted octanol–water partition coefficient (Wildman–Crippen LogP) is 4.07. The lowest BCUT2D eigenvalue weighted by Gasteiger charge is -2.16. The van der Waals surface area contributed by atoms with Crippen LogP contribution in [-0.4, -0.2) is 5.11 Å². The maximum Gasteiger partial charge on any atom is 0.169 e. The molecule has 1 aromatic carbocycles. The Morgan fingerprint density at radius 3 is 2.00 bits per heavy atom. The van der Waals surface area contributed by atoms with E-state index in [-0.39, 0.29) is 17.6 Å². The summed E-state index contributed by atoms with van der Waals surface area (Å²) in [5.41, 5.74) is 1.44. The minimum Gasteiger partial charge on any atom is -0.504 e. The number of phenols is 1. The topological polar surface area (TPSA) is 20.2 Å². The van der Waals surface area contributed by atoms with E-state index in [1.807, 2.05) is 27.7 Å². The molecule has 0 spiro atoms. The van der Waals surface area contributed by atoms with Gasteiger partial charge in [0.15, 0.2) is 11.6 Å². The third-order valence-corrected chi connectivity index (χ3v) is 2.98. The van der Waals surface area contributed by atoms with Crippen molar-refractivity contribution in [2.45, 2.75) is 44.4 Å². The van der Waals surface area contributed by atoms with Crippen LogP contribution in [0.3, 0.4) is 0 Å². The SMILES string of the molecule is CC(C)c1cc(C(C)C)c(S)c(O)c1F. The van der Waals surface area contributed by atoms with Crippen LogP contribution in [0, 0.1) is 5.82 Å². The van der Waals surface area contributed by atoms with Crippen LogP contribution < -0.4 is 0 Å². The molecule has 1 rings (SSSR count). The molecule has 1 N–H and O–H groups in total. The van der Waals surface area contributed by atoms with E-state index in [9.17, 15) is 9.50 Å². The Bertz CT molecular complexity index is 340. The molecular formula is C12H17FOS. The number of rotatable bonds is 2. The molecule has 0 saturated heterocycles. The van der Waals surface area contributed by atoms with Gasteiger partial charge in [0.25, 0.3) is 0 Å². The monoisotopic (exact) mass is 228 g/mol. The fourth-order valence-corrected chi connectivity index (χ4v) is 1.96. The van der Waals surface area contributed by atoms with Crippen LogP contribution in [0.15, 0.2) is 11.0 Å². The van der Waals surface area contributed by atoms with E-state index in [0.29, 0.717) is 10.5 Å². The molecule has 1 nitrogen and oxygen atoms in total. The van der Waals surface area contributed by atoms with E-state index < -0.39 is 5.82 Å². The highest BCUT2D eigenvalue weighted by Gasteiger charge is 2.18. The molecule has 15 heavy (non-hydrogen) atoms. The number of aromatic hydroxyl groups is 1. The number of benzene rings is 1. The smallest absolute Gasteiger partial charge is 0.169 e. The quantitative estimate of drug-likeness (QED) is 0.731. The molecule has 0 aliphatic carbocycles. The van der Waals surface area contributed by atoms with Crippen LogP contribution in [0.4, 0.5) is 4.39 Å². The van der Waals surface area contributed by atoms with Crippen LogP contribution in [0.25, 0.3) is 0 Å². The third-order valence-electron chi connectivity index (χ3n) is 2.51. The lowest BCUT2D eigenvalue weighted by molar-refractivity contribution is 0.412. The molecule has 0 atom stereocenters. The molecule has 0 aliphatic heterocycles. The molecule has 0 radical (unpaired) electrons. The maximum atomic E-state index is 13.7. The summed E-state index contributed by atoms with van der Waals surface area (Å²) in [6.45, 7) is 7.80. The van der Waals surface area contributed by atoms with Crippen LogP contribution in [-0.2, 0) is 0 Å². The van der Waals surface area contributed by atoms with Gasteiger partial charge >= 0.3 is 0 Å². The summed E-state index contributed by atoms with van der Waals surface area (Å²) in [6, 6.07) is 1.80. The lowest BCUT2D eigenvalue weighted by Crippen LogP contribution is -1.99. The van der Waals surface area contributed by atoms with Crippen LogP contribution >= 0.6 is 12.6 Å². The van der Waals surface area contributed by atoms with Crippen molar-refractivity contribution in [3.8, 4) is 5.75 Å². The minimum atomic E-state index is -0.542. The molecule has 84 valence electrons. The number of halogens is 1. The average molecular weight is 228 g/mol. The van der Waals surface area contributed by atoms with Crippen molar-refractivity contribution in [2.24, 2.45) is 0 Å². The average Bonchev–Trinajstić information content (AvgIpc) is 2.13. The van der Waals surface area contributed by atoms with Crippen molar-refractivity contribution in [2.75, 3.05) is 0 Å². The van der Waals surface area contributed by atoms with Gasteiger partial charge in [0, 0.05) is 0 Å². The Morgan fingerprint density at radius 2 is 1.60 bits per heavy atom. The summed E-state index contributed by atoms with van der Waals surface area (Å²) >= 11 is 4.15.